The predicted octanol–water partition coefficient (Wildman–Crippen LogP) is 0.748. The van der Waals surface area contributed by atoms with E-state index in [2.05, 4.69) is 4.90 Å². The third kappa shape index (κ3) is 3.95. The summed E-state index contributed by atoms with van der Waals surface area (Å²) in [7, 11) is 0. The van der Waals surface area contributed by atoms with Crippen molar-refractivity contribution in [2.75, 3.05) is 26.2 Å². The van der Waals surface area contributed by atoms with Crippen molar-refractivity contribution in [3.8, 4) is 5.75 Å². The van der Waals surface area contributed by atoms with Crippen molar-refractivity contribution in [2.45, 2.75) is 37.7 Å². The molecule has 3 N–H and O–H groups in total. The fourth-order valence-electron chi connectivity index (χ4n) is 3.11. The molecule has 2 heterocycles. The van der Waals surface area contributed by atoms with Crippen molar-refractivity contribution in [1.82, 2.24) is 4.90 Å². The van der Waals surface area contributed by atoms with Crippen LogP contribution in [0, 0.1) is 0 Å². The lowest BCUT2D eigenvalue weighted by atomic mass is 10.2. The number of ether oxygens (including phenoxy) is 2. The van der Waals surface area contributed by atoms with Crippen LogP contribution in [-0.4, -0.2) is 54.6 Å². The largest absolute Gasteiger partial charge is 0.491 e. The standard InChI is InChI=1S/C16H24N2O3/c17-7-12-1-3-14(4-2-12)20-11-13(19)8-18-9-15-5-6-16(10-18)21-15/h1-4,13,15-16,19H,5-11,17H2. The summed E-state index contributed by atoms with van der Waals surface area (Å²) in [4.78, 5) is 2.29. The van der Waals surface area contributed by atoms with Crippen molar-refractivity contribution in [3.05, 3.63) is 29.8 Å². The van der Waals surface area contributed by atoms with E-state index in [-0.39, 0.29) is 0 Å². The van der Waals surface area contributed by atoms with E-state index >= 15 is 0 Å². The minimum atomic E-state index is -0.475. The topological polar surface area (TPSA) is 68.0 Å². The zero-order valence-corrected chi connectivity index (χ0v) is 12.3. The molecule has 2 aliphatic rings. The van der Waals surface area contributed by atoms with Crippen LogP contribution < -0.4 is 10.5 Å². The highest BCUT2D eigenvalue weighted by atomic mass is 16.5. The van der Waals surface area contributed by atoms with Crippen molar-refractivity contribution < 1.29 is 14.6 Å². The van der Waals surface area contributed by atoms with E-state index in [1.807, 2.05) is 24.3 Å². The zero-order valence-electron chi connectivity index (χ0n) is 12.3. The van der Waals surface area contributed by atoms with Crippen LogP contribution in [0.15, 0.2) is 24.3 Å². The molecule has 5 nitrogen and oxygen atoms in total. The summed E-state index contributed by atoms with van der Waals surface area (Å²) in [5, 5.41) is 10.1. The first-order chi connectivity index (χ1) is 10.2. The number of nitrogens with two attached hydrogens (primary N) is 1. The van der Waals surface area contributed by atoms with Crippen LogP contribution in [-0.2, 0) is 11.3 Å². The van der Waals surface area contributed by atoms with E-state index in [4.69, 9.17) is 15.2 Å². The average Bonchev–Trinajstić information content (AvgIpc) is 2.84. The summed E-state index contributed by atoms with van der Waals surface area (Å²) < 4.78 is 11.4. The van der Waals surface area contributed by atoms with Crippen molar-refractivity contribution in [2.24, 2.45) is 5.73 Å². The molecule has 0 saturated carbocycles. The first-order valence-corrected chi connectivity index (χ1v) is 7.70. The third-order valence-corrected chi connectivity index (χ3v) is 4.19. The van der Waals surface area contributed by atoms with Crippen molar-refractivity contribution in [1.29, 1.82) is 0 Å². The van der Waals surface area contributed by atoms with Gasteiger partial charge in [-0.15, -0.1) is 0 Å². The van der Waals surface area contributed by atoms with E-state index in [0.29, 0.717) is 31.9 Å². The molecule has 3 atom stereocenters. The van der Waals surface area contributed by atoms with Gasteiger partial charge in [0.05, 0.1) is 12.2 Å². The Morgan fingerprint density at radius 1 is 1.24 bits per heavy atom. The molecule has 1 aromatic carbocycles. The van der Waals surface area contributed by atoms with Gasteiger partial charge in [0.2, 0.25) is 0 Å². The molecule has 2 bridgehead atoms. The van der Waals surface area contributed by atoms with Gasteiger partial charge in [-0.3, -0.25) is 4.90 Å². The van der Waals surface area contributed by atoms with Crippen LogP contribution >= 0.6 is 0 Å². The number of benzene rings is 1. The molecule has 116 valence electrons. The Kier molecular flexibility index (Phi) is 4.75. The molecular formula is C16H24N2O3. The van der Waals surface area contributed by atoms with Crippen LogP contribution in [0.25, 0.3) is 0 Å². The van der Waals surface area contributed by atoms with Crippen molar-refractivity contribution in [3.63, 3.8) is 0 Å². The third-order valence-electron chi connectivity index (χ3n) is 4.19. The number of nitrogens with zero attached hydrogens (tertiary/aromatic N) is 1. The Labute approximate surface area is 125 Å². The highest BCUT2D eigenvalue weighted by Crippen LogP contribution is 2.26. The maximum absolute atomic E-state index is 10.1. The predicted molar refractivity (Wildman–Crippen MR) is 80.2 cm³/mol. The molecule has 2 saturated heterocycles. The number of aliphatic hydroxyl groups is 1. The molecule has 5 heteroatoms. The quantitative estimate of drug-likeness (QED) is 0.810. The first kappa shape index (κ1) is 14.8. The maximum atomic E-state index is 10.1. The summed E-state index contributed by atoms with van der Waals surface area (Å²) >= 11 is 0. The van der Waals surface area contributed by atoms with Gasteiger partial charge in [0.1, 0.15) is 18.5 Å². The number of morpholine rings is 1. The van der Waals surface area contributed by atoms with E-state index < -0.39 is 6.10 Å². The summed E-state index contributed by atoms with van der Waals surface area (Å²) in [6, 6.07) is 7.68. The smallest absolute Gasteiger partial charge is 0.119 e. The summed E-state index contributed by atoms with van der Waals surface area (Å²) in [5.41, 5.74) is 6.63. The Morgan fingerprint density at radius 2 is 1.90 bits per heavy atom. The number of hydrogen-bond donors (Lipinski definition) is 2. The second kappa shape index (κ2) is 6.75. The molecule has 2 aliphatic heterocycles. The van der Waals surface area contributed by atoms with Gasteiger partial charge in [0.15, 0.2) is 0 Å². The summed E-state index contributed by atoms with van der Waals surface area (Å²) in [6.45, 7) is 3.35. The number of rotatable bonds is 6. The minimum absolute atomic E-state index is 0.314. The van der Waals surface area contributed by atoms with Crippen LogP contribution in [0.2, 0.25) is 0 Å². The fourth-order valence-corrected chi connectivity index (χ4v) is 3.11. The molecule has 0 aliphatic carbocycles. The molecule has 0 amide bonds. The van der Waals surface area contributed by atoms with E-state index in [9.17, 15) is 5.11 Å². The minimum Gasteiger partial charge on any atom is -0.491 e. The maximum Gasteiger partial charge on any atom is 0.119 e. The molecule has 0 aromatic heterocycles. The molecule has 2 fully saturated rings. The van der Waals surface area contributed by atoms with E-state index in [1.54, 1.807) is 0 Å². The lowest BCUT2D eigenvalue weighted by Gasteiger charge is -2.33. The van der Waals surface area contributed by atoms with Gasteiger partial charge in [0.25, 0.3) is 0 Å². The van der Waals surface area contributed by atoms with Crippen molar-refractivity contribution >= 4 is 0 Å². The van der Waals surface area contributed by atoms with E-state index in [1.165, 1.54) is 0 Å². The molecule has 3 unspecified atom stereocenters. The zero-order chi connectivity index (χ0) is 14.7. The number of likely N-dealkylation sites (tertiary alicyclic amines) is 1. The lowest BCUT2D eigenvalue weighted by molar-refractivity contribution is -0.0528. The fraction of sp³-hybridized carbons (Fsp3) is 0.625. The van der Waals surface area contributed by atoms with Crippen LogP contribution in [0.4, 0.5) is 0 Å². The molecular weight excluding hydrogens is 268 g/mol. The normalized spacial score (nSPS) is 26.8. The highest BCUT2D eigenvalue weighted by molar-refractivity contribution is 5.27. The van der Waals surface area contributed by atoms with Crippen LogP contribution in [0.1, 0.15) is 18.4 Å². The molecule has 21 heavy (non-hydrogen) atoms. The van der Waals surface area contributed by atoms with Gasteiger partial charge in [-0.25, -0.2) is 0 Å². The second-order valence-electron chi connectivity index (χ2n) is 5.99. The molecule has 1 aromatic rings. The van der Waals surface area contributed by atoms with Gasteiger partial charge in [-0.1, -0.05) is 12.1 Å². The number of fused-ring (bicyclic) bond motifs is 2. The van der Waals surface area contributed by atoms with Gasteiger partial charge < -0.3 is 20.3 Å². The molecule has 3 rings (SSSR count). The van der Waals surface area contributed by atoms with Gasteiger partial charge in [-0.05, 0) is 30.5 Å². The van der Waals surface area contributed by atoms with Gasteiger partial charge in [0, 0.05) is 26.2 Å². The van der Waals surface area contributed by atoms with Crippen LogP contribution in [0.3, 0.4) is 0 Å². The lowest BCUT2D eigenvalue weighted by Crippen LogP contribution is -2.46. The number of β-amino-alcohol motifs (C(OH)–C–C–N with tert-alkyl or cyclic N) is 1. The highest BCUT2D eigenvalue weighted by Gasteiger charge is 2.34. The Morgan fingerprint density at radius 3 is 2.52 bits per heavy atom. The molecule has 0 spiro atoms. The Bertz CT molecular complexity index is 439. The monoisotopic (exact) mass is 292 g/mol. The summed E-state index contributed by atoms with van der Waals surface area (Å²) in [6.07, 6.45) is 2.56. The van der Waals surface area contributed by atoms with E-state index in [0.717, 1.165) is 37.2 Å². The average molecular weight is 292 g/mol. The van der Waals surface area contributed by atoms with Gasteiger partial charge >= 0.3 is 0 Å². The van der Waals surface area contributed by atoms with Crippen LogP contribution in [0.5, 0.6) is 5.75 Å². The number of aliphatic hydroxyl groups excluding tert-OH is 1. The summed E-state index contributed by atoms with van der Waals surface area (Å²) in [5.74, 6) is 0.772. The Hall–Kier alpha value is -1.14. The SMILES string of the molecule is NCc1ccc(OCC(O)CN2CC3CCC(C2)O3)cc1. The van der Waals surface area contributed by atoms with Gasteiger partial charge in [-0.2, -0.15) is 0 Å². The second-order valence-corrected chi connectivity index (χ2v) is 5.99. The first-order valence-electron chi connectivity index (χ1n) is 7.70. The molecule has 0 radical (unpaired) electrons. The Balaban J connectivity index is 1.42. The number of hydrogen-bond acceptors (Lipinski definition) is 5.